The Morgan fingerprint density at radius 1 is 1.19 bits per heavy atom. The molecule has 2 atom stereocenters. The Labute approximate surface area is 215 Å². The van der Waals surface area contributed by atoms with E-state index in [9.17, 15) is 14.7 Å². The molecule has 190 valence electrons. The van der Waals surface area contributed by atoms with Crippen LogP contribution in [0.2, 0.25) is 0 Å². The van der Waals surface area contributed by atoms with E-state index in [4.69, 9.17) is 9.47 Å². The Morgan fingerprint density at radius 3 is 2.73 bits per heavy atom. The lowest BCUT2D eigenvalue weighted by molar-refractivity contribution is -0.141. The number of phenolic OH excluding ortho intramolecular Hbond substituents is 1. The molecule has 0 bridgehead atoms. The number of Topliss-reactive ketones (excluding diaryl/α,β-unsaturated/α-hetero) is 1. The van der Waals surface area contributed by atoms with E-state index in [0.717, 1.165) is 17.0 Å². The maximum Gasteiger partial charge on any atom is 0.337 e. The summed E-state index contributed by atoms with van der Waals surface area (Å²) in [5.74, 6) is 0.0973. The van der Waals surface area contributed by atoms with E-state index in [0.29, 0.717) is 34.7 Å². The number of carbonyl (C=O) groups is 2. The number of nitrogens with zero attached hydrogens (tertiary/aromatic N) is 2. The number of aromatic hydroxyl groups is 1. The number of allylic oxidation sites excluding steroid dienone is 3. The smallest absolute Gasteiger partial charge is 0.337 e. The topological polar surface area (TPSA) is 103 Å². The first-order valence-electron chi connectivity index (χ1n) is 12.2. The molecule has 0 spiro atoms. The summed E-state index contributed by atoms with van der Waals surface area (Å²) >= 11 is 0. The average molecular weight is 500 g/mol. The molecule has 0 fully saturated rings. The molecule has 2 heterocycles. The standard InChI is InChI=1S/C29H29N3O5/c1-17-26(29(35)37-16-25-30-11-12-32(25)2)27(18-7-6-8-20(33)13-18)28-22(31-17)14-19(15-23(28)34)21-9-4-5-10-24(21)36-3/h4-13,19,27,31,33H,14-16H2,1-3H3/t19-,27-/m1/s1. The van der Waals surface area contributed by atoms with Gasteiger partial charge in [0, 0.05) is 54.7 Å². The highest BCUT2D eigenvalue weighted by Crippen LogP contribution is 2.47. The second-order valence-electron chi connectivity index (χ2n) is 9.38. The molecule has 0 saturated carbocycles. The summed E-state index contributed by atoms with van der Waals surface area (Å²) in [6, 6.07) is 14.4. The van der Waals surface area contributed by atoms with E-state index in [2.05, 4.69) is 10.3 Å². The maximum atomic E-state index is 13.8. The normalized spacial score (nSPS) is 19.4. The molecule has 0 unspecified atom stereocenters. The van der Waals surface area contributed by atoms with Crippen molar-refractivity contribution in [1.29, 1.82) is 0 Å². The summed E-state index contributed by atoms with van der Waals surface area (Å²) in [6.07, 6.45) is 4.29. The molecule has 37 heavy (non-hydrogen) atoms. The van der Waals surface area contributed by atoms with Gasteiger partial charge >= 0.3 is 5.97 Å². The van der Waals surface area contributed by atoms with Crippen LogP contribution >= 0.6 is 0 Å². The number of dihydropyridines is 1. The van der Waals surface area contributed by atoms with Gasteiger partial charge in [-0.3, -0.25) is 4.79 Å². The lowest BCUT2D eigenvalue weighted by Gasteiger charge is -2.37. The van der Waals surface area contributed by atoms with Crippen molar-refractivity contribution in [1.82, 2.24) is 14.9 Å². The van der Waals surface area contributed by atoms with Gasteiger partial charge in [0.2, 0.25) is 0 Å². The van der Waals surface area contributed by atoms with Crippen LogP contribution in [-0.2, 0) is 28.0 Å². The molecular weight excluding hydrogens is 470 g/mol. The molecule has 1 aliphatic carbocycles. The zero-order valence-corrected chi connectivity index (χ0v) is 21.0. The highest BCUT2D eigenvalue weighted by Gasteiger charge is 2.42. The number of nitrogens with one attached hydrogen (secondary N) is 1. The van der Waals surface area contributed by atoms with E-state index in [1.807, 2.05) is 44.3 Å². The number of ketones is 1. The van der Waals surface area contributed by atoms with Crippen molar-refractivity contribution in [3.8, 4) is 11.5 Å². The van der Waals surface area contributed by atoms with Gasteiger partial charge in [0.1, 0.15) is 23.9 Å². The van der Waals surface area contributed by atoms with Crippen molar-refractivity contribution in [2.75, 3.05) is 7.11 Å². The summed E-state index contributed by atoms with van der Waals surface area (Å²) in [5.41, 5.74) is 3.90. The van der Waals surface area contributed by atoms with Gasteiger partial charge < -0.3 is 24.5 Å². The summed E-state index contributed by atoms with van der Waals surface area (Å²) < 4.78 is 13.0. The number of carbonyl (C=O) groups excluding carboxylic acids is 2. The monoisotopic (exact) mass is 499 g/mol. The molecule has 1 aromatic heterocycles. The van der Waals surface area contributed by atoms with Crippen molar-refractivity contribution < 1.29 is 24.2 Å². The van der Waals surface area contributed by atoms with Crippen LogP contribution in [0.4, 0.5) is 0 Å². The van der Waals surface area contributed by atoms with E-state index in [1.54, 1.807) is 42.3 Å². The van der Waals surface area contributed by atoms with Gasteiger partial charge in [0.15, 0.2) is 5.78 Å². The minimum Gasteiger partial charge on any atom is -0.508 e. The fraction of sp³-hybridized carbons (Fsp3) is 0.276. The number of ether oxygens (including phenoxy) is 2. The molecule has 2 N–H and O–H groups in total. The first-order valence-corrected chi connectivity index (χ1v) is 12.2. The molecule has 2 aromatic carbocycles. The Kier molecular flexibility index (Phi) is 6.56. The summed E-state index contributed by atoms with van der Waals surface area (Å²) in [4.78, 5) is 31.4. The number of para-hydroxylation sites is 1. The number of aromatic nitrogens is 2. The van der Waals surface area contributed by atoms with E-state index < -0.39 is 11.9 Å². The molecule has 0 saturated heterocycles. The molecule has 3 aromatic rings. The third-order valence-electron chi connectivity index (χ3n) is 7.08. The van der Waals surface area contributed by atoms with Crippen molar-refractivity contribution in [2.45, 2.75) is 38.2 Å². The summed E-state index contributed by atoms with van der Waals surface area (Å²) in [6.45, 7) is 1.82. The zero-order chi connectivity index (χ0) is 26.1. The molecular formula is C29H29N3O5. The van der Waals surface area contributed by atoms with Gasteiger partial charge in [0.25, 0.3) is 0 Å². The summed E-state index contributed by atoms with van der Waals surface area (Å²) in [5, 5.41) is 13.6. The Balaban J connectivity index is 1.53. The molecule has 8 nitrogen and oxygen atoms in total. The lowest BCUT2D eigenvalue weighted by Crippen LogP contribution is -2.36. The molecule has 1 aliphatic heterocycles. The first kappa shape index (κ1) is 24.4. The number of aryl methyl sites for hydroxylation is 1. The molecule has 8 heteroatoms. The van der Waals surface area contributed by atoms with Crippen LogP contribution in [0.5, 0.6) is 11.5 Å². The van der Waals surface area contributed by atoms with Crippen LogP contribution in [0.15, 0.2) is 83.5 Å². The fourth-order valence-electron chi connectivity index (χ4n) is 5.31. The zero-order valence-electron chi connectivity index (χ0n) is 21.0. The molecule has 0 radical (unpaired) electrons. The number of esters is 1. The highest BCUT2D eigenvalue weighted by molar-refractivity contribution is 6.04. The molecule has 2 aliphatic rings. The third kappa shape index (κ3) is 4.62. The predicted molar refractivity (Wildman–Crippen MR) is 137 cm³/mol. The van der Waals surface area contributed by atoms with Gasteiger partial charge in [-0.15, -0.1) is 0 Å². The van der Waals surface area contributed by atoms with Crippen molar-refractivity contribution >= 4 is 11.8 Å². The van der Waals surface area contributed by atoms with Crippen LogP contribution < -0.4 is 10.1 Å². The number of hydrogen-bond donors (Lipinski definition) is 2. The van der Waals surface area contributed by atoms with Crippen LogP contribution in [0.3, 0.4) is 0 Å². The number of benzene rings is 2. The van der Waals surface area contributed by atoms with Crippen LogP contribution in [-0.4, -0.2) is 33.5 Å². The van der Waals surface area contributed by atoms with Crippen LogP contribution in [0.25, 0.3) is 0 Å². The average Bonchev–Trinajstić information content (AvgIpc) is 3.30. The van der Waals surface area contributed by atoms with E-state index in [-0.39, 0.29) is 30.5 Å². The number of phenols is 1. The minimum atomic E-state index is -0.664. The summed E-state index contributed by atoms with van der Waals surface area (Å²) in [7, 11) is 3.45. The minimum absolute atomic E-state index is 0.00159. The van der Waals surface area contributed by atoms with Gasteiger partial charge in [-0.05, 0) is 42.7 Å². The van der Waals surface area contributed by atoms with Crippen LogP contribution in [0, 0.1) is 0 Å². The Bertz CT molecular complexity index is 1430. The van der Waals surface area contributed by atoms with Gasteiger partial charge in [0.05, 0.1) is 12.7 Å². The Morgan fingerprint density at radius 2 is 2.00 bits per heavy atom. The second kappa shape index (κ2) is 9.97. The lowest BCUT2D eigenvalue weighted by atomic mass is 9.71. The van der Waals surface area contributed by atoms with Crippen molar-refractivity contribution in [3.05, 3.63) is 100 Å². The third-order valence-corrected chi connectivity index (χ3v) is 7.08. The van der Waals surface area contributed by atoms with E-state index >= 15 is 0 Å². The highest BCUT2D eigenvalue weighted by atomic mass is 16.5. The number of hydrogen-bond acceptors (Lipinski definition) is 7. The van der Waals surface area contributed by atoms with Gasteiger partial charge in [-0.2, -0.15) is 0 Å². The van der Waals surface area contributed by atoms with Gasteiger partial charge in [-0.1, -0.05) is 30.3 Å². The number of imidazole rings is 1. The molecule has 0 amide bonds. The second-order valence-corrected chi connectivity index (χ2v) is 9.38. The van der Waals surface area contributed by atoms with Crippen molar-refractivity contribution in [2.24, 2.45) is 7.05 Å². The van der Waals surface area contributed by atoms with Crippen LogP contribution in [0.1, 0.15) is 48.6 Å². The number of rotatable bonds is 6. The number of methoxy groups -OCH3 is 1. The largest absolute Gasteiger partial charge is 0.508 e. The molecule has 5 rings (SSSR count). The quantitative estimate of drug-likeness (QED) is 0.489. The fourth-order valence-corrected chi connectivity index (χ4v) is 5.31. The first-order chi connectivity index (χ1) is 17.9. The predicted octanol–water partition coefficient (Wildman–Crippen LogP) is 4.24. The maximum absolute atomic E-state index is 13.8. The van der Waals surface area contributed by atoms with Gasteiger partial charge in [-0.25, -0.2) is 9.78 Å². The van der Waals surface area contributed by atoms with E-state index in [1.165, 1.54) is 0 Å². The SMILES string of the molecule is COc1ccccc1[C@H]1CC(=O)C2=C(C1)NC(C)=C(C(=O)OCc1nccn1C)[C@H]2c1cccc(O)c1. The van der Waals surface area contributed by atoms with Crippen molar-refractivity contribution in [3.63, 3.8) is 0 Å². The Hall–Kier alpha value is -4.33.